The van der Waals surface area contributed by atoms with Gasteiger partial charge in [0, 0.05) is 32.6 Å². The van der Waals surface area contributed by atoms with Crippen LogP contribution in [0.15, 0.2) is 36.7 Å². The fourth-order valence-corrected chi connectivity index (χ4v) is 8.57. The molecule has 0 bridgehead atoms. The second kappa shape index (κ2) is 23.0. The van der Waals surface area contributed by atoms with Crippen molar-refractivity contribution < 1.29 is 78.8 Å². The summed E-state index contributed by atoms with van der Waals surface area (Å²) in [6.45, 7) is 11.3. The summed E-state index contributed by atoms with van der Waals surface area (Å²) in [6, 6.07) is 5.17. The van der Waals surface area contributed by atoms with E-state index in [1.54, 1.807) is 52.2 Å². The van der Waals surface area contributed by atoms with Crippen LogP contribution in [0.1, 0.15) is 76.2 Å². The Balaban J connectivity index is 0.000000405. The summed E-state index contributed by atoms with van der Waals surface area (Å²) < 4.78 is 4.89. The number of carboxylic acid groups (broad SMARTS) is 1. The smallest absolute Gasteiger partial charge is 0.870 e. The van der Waals surface area contributed by atoms with E-state index in [4.69, 9.17) is 21.3 Å². The van der Waals surface area contributed by atoms with Crippen molar-refractivity contribution in [2.24, 2.45) is 11.5 Å². The number of nitrogens with two attached hydrogens (primary N) is 2. The number of hydrogen-bond acceptors (Lipinski definition) is 15. The number of amides is 6. The summed E-state index contributed by atoms with van der Waals surface area (Å²) >= 11 is 2.59. The van der Waals surface area contributed by atoms with Gasteiger partial charge in [-0.2, -0.15) is 0 Å². The maximum absolute atomic E-state index is 12.6. The van der Waals surface area contributed by atoms with Crippen molar-refractivity contribution in [3.8, 4) is 20.9 Å². The number of urea groups is 2. The van der Waals surface area contributed by atoms with Crippen molar-refractivity contribution in [1.82, 2.24) is 29.7 Å². The van der Waals surface area contributed by atoms with E-state index in [1.165, 1.54) is 39.6 Å². The Hall–Kier alpha value is -5.10. The number of nitrogens with zero attached hydrogens (tertiary/aromatic N) is 6. The molecule has 20 nitrogen and oxygen atoms in total. The first-order valence-electron chi connectivity index (χ1n) is 19.1. The first kappa shape index (κ1) is 54.0. The molecule has 9 N–H and O–H groups in total. The number of aryl methyl sites for hydroxylation is 2. The van der Waals surface area contributed by atoms with Gasteiger partial charge in [-0.25, -0.2) is 19.6 Å². The molecule has 2 atom stereocenters. The number of aliphatic hydroxyl groups is 1. The average Bonchev–Trinajstić information content (AvgIpc) is 4.06. The number of aliphatic carboxylic acids is 1. The number of methoxy groups -OCH3 is 1. The molecule has 6 rings (SSSR count). The standard InChI is InChI=1S/C20H25N5O4S.C19H23N5O4S.CH4O.Na.H2O/c1-11-15(12-7-8-22-14(10-12)20(2,3)17(27)29-4)30-18(23-11)24-19(28)25-9-5-6-13(25)16(21)26;1-10-14(11-6-7-21-13(9-11)19(2,3)16(26)27)29-17(22-10)23-18(28)24-8-4-5-12(24)15(20)25;1-2;;/h7-8,10,13H,5-6,9H2,1-4H3,(H2,21,26)(H,23,24,28);6-7,9,12H,4-5,8H2,1-3H3,(H2,20,25)(H,26,27)(H,22,23,28);2H,1H3;;1H2/q;;;+1;/p-1/t13-;12-;;;/m00.../s1. The van der Waals surface area contributed by atoms with Crippen molar-refractivity contribution in [3.05, 3.63) is 59.4 Å². The van der Waals surface area contributed by atoms with Gasteiger partial charge in [0.05, 0.1) is 39.6 Å². The van der Waals surface area contributed by atoms with E-state index in [0.717, 1.165) is 46.5 Å². The minimum Gasteiger partial charge on any atom is -0.870 e. The molecule has 2 aliphatic rings. The third kappa shape index (κ3) is 12.5. The Morgan fingerprint density at radius 1 is 0.746 bits per heavy atom. The van der Waals surface area contributed by atoms with Crippen LogP contribution in [0, 0.1) is 13.8 Å². The van der Waals surface area contributed by atoms with Crippen LogP contribution >= 0.6 is 22.7 Å². The van der Waals surface area contributed by atoms with Gasteiger partial charge in [-0.05, 0) is 103 Å². The van der Waals surface area contributed by atoms with Crippen LogP contribution in [0.5, 0.6) is 0 Å². The number of thiazole rings is 2. The monoisotopic (exact) mass is 920 g/mol. The number of hydrogen-bond donors (Lipinski definition) is 6. The Kier molecular flexibility index (Phi) is 19.7. The maximum Gasteiger partial charge on any atom is 1.00 e. The molecule has 0 radical (unpaired) electrons. The number of pyridine rings is 2. The van der Waals surface area contributed by atoms with E-state index in [2.05, 4.69) is 30.6 Å². The maximum atomic E-state index is 12.6. The molecule has 6 amide bonds. The van der Waals surface area contributed by atoms with Crippen molar-refractivity contribution in [2.45, 2.75) is 90.1 Å². The second-order valence-corrected chi connectivity index (χ2v) is 17.1. The SMILES string of the molecule is CO.COC(=O)C(C)(C)c1cc(-c2sc(NC(=O)N3CCC[C@H]3C(N)=O)nc2C)ccn1.Cc1nc(NC(=O)N2CCC[C@H]2C(N)=O)sc1-c1ccnc(C(C)(C)C(=O)O)c1.[Na+].[OH-]. The first-order valence-corrected chi connectivity index (χ1v) is 20.8. The predicted octanol–water partition coefficient (Wildman–Crippen LogP) is 1.24. The third-order valence-electron chi connectivity index (χ3n) is 10.3. The fraction of sp³-hybridized carbons (Fsp3) is 0.450. The number of aromatic nitrogens is 4. The molecule has 0 aliphatic carbocycles. The predicted molar refractivity (Wildman–Crippen MR) is 232 cm³/mol. The van der Waals surface area contributed by atoms with E-state index in [1.807, 2.05) is 26.0 Å². The van der Waals surface area contributed by atoms with Crippen LogP contribution in [0.4, 0.5) is 19.9 Å². The molecule has 4 aromatic heterocycles. The topological polar surface area (TPSA) is 316 Å². The third-order valence-corrected chi connectivity index (χ3v) is 12.5. The zero-order valence-electron chi connectivity index (χ0n) is 36.7. The largest absolute Gasteiger partial charge is 1.00 e. The molecule has 23 heteroatoms. The molecule has 0 unspecified atom stereocenters. The molecule has 63 heavy (non-hydrogen) atoms. The molecule has 6 heterocycles. The Labute approximate surface area is 394 Å². The molecular weight excluding hydrogens is 868 g/mol. The van der Waals surface area contributed by atoms with Gasteiger partial charge in [-0.3, -0.25) is 39.8 Å². The first-order chi connectivity index (χ1) is 28.8. The van der Waals surface area contributed by atoms with E-state index < -0.39 is 46.7 Å². The van der Waals surface area contributed by atoms with Crippen molar-refractivity contribution in [1.29, 1.82) is 0 Å². The second-order valence-electron chi connectivity index (χ2n) is 15.1. The number of primary amides is 2. The van der Waals surface area contributed by atoms with Crippen LogP contribution in [0.3, 0.4) is 0 Å². The van der Waals surface area contributed by atoms with E-state index in [0.29, 0.717) is 53.3 Å². The summed E-state index contributed by atoms with van der Waals surface area (Å²) in [7, 11) is 2.35. The van der Waals surface area contributed by atoms with E-state index >= 15 is 0 Å². The van der Waals surface area contributed by atoms with Crippen molar-refractivity contribution in [3.63, 3.8) is 0 Å². The number of carbonyl (C=O) groups is 6. The van der Waals surface area contributed by atoms with Crippen molar-refractivity contribution >= 4 is 68.8 Å². The van der Waals surface area contributed by atoms with Crippen LogP contribution in [0.25, 0.3) is 20.9 Å². The van der Waals surface area contributed by atoms with Crippen LogP contribution in [-0.4, -0.2) is 121 Å². The van der Waals surface area contributed by atoms with Crippen LogP contribution in [-0.2, 0) is 34.7 Å². The average molecular weight is 921 g/mol. The summed E-state index contributed by atoms with van der Waals surface area (Å²) in [6.07, 6.45) is 5.79. The number of esters is 1. The summed E-state index contributed by atoms with van der Waals surface area (Å²) in [5, 5.41) is 22.8. The van der Waals surface area contributed by atoms with Gasteiger partial charge >= 0.3 is 53.6 Å². The molecule has 0 spiro atoms. The molecule has 2 aliphatic heterocycles. The number of likely N-dealkylation sites (tertiary alicyclic amines) is 2. The molecule has 336 valence electrons. The number of carboxylic acids is 1. The summed E-state index contributed by atoms with van der Waals surface area (Å²) in [5.74, 6) is -2.36. The molecule has 2 saturated heterocycles. The minimum atomic E-state index is -1.13. The Morgan fingerprint density at radius 3 is 1.48 bits per heavy atom. The van der Waals surface area contributed by atoms with Crippen molar-refractivity contribution in [2.75, 3.05) is 37.9 Å². The number of aliphatic hydroxyl groups excluding tert-OH is 1. The summed E-state index contributed by atoms with van der Waals surface area (Å²) in [4.78, 5) is 93.7. The van der Waals surface area contributed by atoms with E-state index in [9.17, 15) is 33.9 Å². The van der Waals surface area contributed by atoms with Gasteiger partial charge in [-0.15, -0.1) is 0 Å². The zero-order valence-corrected chi connectivity index (χ0v) is 40.3. The molecule has 4 aromatic rings. The number of nitrogens with one attached hydrogen (secondary N) is 2. The zero-order chi connectivity index (χ0) is 45.4. The van der Waals surface area contributed by atoms with Gasteiger partial charge < -0.3 is 41.7 Å². The minimum absolute atomic E-state index is 0. The quantitative estimate of drug-likeness (QED) is 0.0964. The van der Waals surface area contributed by atoms with Crippen LogP contribution in [0.2, 0.25) is 0 Å². The van der Waals surface area contributed by atoms with Gasteiger partial charge in [-0.1, -0.05) is 22.7 Å². The molecule has 0 saturated carbocycles. The summed E-state index contributed by atoms with van der Waals surface area (Å²) in [5.41, 5.74) is 12.8. The molecular formula is C40H53N10NaO10S2. The van der Waals surface area contributed by atoms with Gasteiger partial charge in [0.25, 0.3) is 0 Å². The Morgan fingerprint density at radius 2 is 1.13 bits per heavy atom. The molecule has 0 aromatic carbocycles. The number of anilines is 2. The Bertz CT molecular complexity index is 2290. The van der Waals surface area contributed by atoms with Gasteiger partial charge in [0.15, 0.2) is 10.3 Å². The van der Waals surface area contributed by atoms with Gasteiger partial charge in [0.1, 0.15) is 22.9 Å². The number of carbonyl (C=O) groups excluding carboxylic acids is 5. The normalized spacial score (nSPS) is 15.6. The molecule has 2 fully saturated rings. The fourth-order valence-electron chi connectivity index (χ4n) is 6.67. The van der Waals surface area contributed by atoms with Gasteiger partial charge in [0.2, 0.25) is 11.8 Å². The van der Waals surface area contributed by atoms with E-state index in [-0.39, 0.29) is 47.0 Å². The number of ether oxygens (including phenoxy) is 1. The number of rotatable bonds is 10. The van der Waals surface area contributed by atoms with Crippen LogP contribution < -0.4 is 51.7 Å².